The molecule has 1 aliphatic heterocycles. The van der Waals surface area contributed by atoms with E-state index >= 15 is 0 Å². The number of halogens is 1. The molecule has 1 amide bonds. The normalized spacial score (nSPS) is 18.8. The number of carbonyl (C=O) groups excluding carboxylic acids is 1. The maximum atomic E-state index is 13.5. The molecule has 166 valence electrons. The first-order chi connectivity index (χ1) is 15.7. The highest BCUT2D eigenvalue weighted by Crippen LogP contribution is 2.25. The Morgan fingerprint density at radius 2 is 1.94 bits per heavy atom. The van der Waals surface area contributed by atoms with Gasteiger partial charge in [-0.1, -0.05) is 12.1 Å². The highest BCUT2D eigenvalue weighted by Gasteiger charge is 2.32. The monoisotopic (exact) mass is 434 g/mol. The number of ether oxygens (including phenoxy) is 1. The van der Waals surface area contributed by atoms with E-state index in [-0.39, 0.29) is 23.6 Å². The molecular formula is C25H27FN4O2. The average Bonchev–Trinajstić information content (AvgIpc) is 2.82. The summed E-state index contributed by atoms with van der Waals surface area (Å²) in [6.45, 7) is 3.12. The van der Waals surface area contributed by atoms with Crippen molar-refractivity contribution in [3.05, 3.63) is 90.3 Å². The summed E-state index contributed by atoms with van der Waals surface area (Å²) in [5.41, 5.74) is 2.12. The zero-order chi connectivity index (χ0) is 22.2. The van der Waals surface area contributed by atoms with Gasteiger partial charge in [0, 0.05) is 63.0 Å². The summed E-state index contributed by atoms with van der Waals surface area (Å²) in [5, 5.41) is 3.05. The van der Waals surface area contributed by atoms with Crippen molar-refractivity contribution in [1.82, 2.24) is 20.2 Å². The number of piperidine rings is 1. The SMILES string of the molecule is O=C(NCc1cccnc1)[C@@H]1C[C@H](COc2cccc(F)c2)CN(Cc2ccncc2)C1. The third-order valence-corrected chi connectivity index (χ3v) is 5.61. The first kappa shape index (κ1) is 21.9. The number of aromatic nitrogens is 2. The fourth-order valence-corrected chi connectivity index (χ4v) is 4.10. The lowest BCUT2D eigenvalue weighted by Gasteiger charge is -2.37. The number of nitrogens with one attached hydrogen (secondary N) is 1. The van der Waals surface area contributed by atoms with E-state index in [1.165, 1.54) is 12.1 Å². The summed E-state index contributed by atoms with van der Waals surface area (Å²) >= 11 is 0. The van der Waals surface area contributed by atoms with Crippen molar-refractivity contribution in [2.75, 3.05) is 19.7 Å². The van der Waals surface area contributed by atoms with Crippen molar-refractivity contribution < 1.29 is 13.9 Å². The Hall–Kier alpha value is -3.32. The fourth-order valence-electron chi connectivity index (χ4n) is 4.10. The average molecular weight is 435 g/mol. The van der Waals surface area contributed by atoms with Crippen LogP contribution in [0.1, 0.15) is 17.5 Å². The molecule has 1 aromatic carbocycles. The van der Waals surface area contributed by atoms with Gasteiger partial charge >= 0.3 is 0 Å². The number of hydrogen-bond acceptors (Lipinski definition) is 5. The Balaban J connectivity index is 1.40. The van der Waals surface area contributed by atoms with Crippen LogP contribution >= 0.6 is 0 Å². The minimum Gasteiger partial charge on any atom is -0.493 e. The zero-order valence-corrected chi connectivity index (χ0v) is 17.9. The first-order valence-electron chi connectivity index (χ1n) is 10.8. The largest absolute Gasteiger partial charge is 0.493 e. The second-order valence-electron chi connectivity index (χ2n) is 8.20. The molecule has 1 aliphatic rings. The van der Waals surface area contributed by atoms with E-state index in [1.807, 2.05) is 24.3 Å². The molecule has 0 bridgehead atoms. The van der Waals surface area contributed by atoms with Crippen molar-refractivity contribution in [2.24, 2.45) is 11.8 Å². The molecule has 0 saturated carbocycles. The summed E-state index contributed by atoms with van der Waals surface area (Å²) in [6, 6.07) is 13.9. The number of rotatable bonds is 8. The van der Waals surface area contributed by atoms with Crippen molar-refractivity contribution in [1.29, 1.82) is 0 Å². The summed E-state index contributed by atoms with van der Waals surface area (Å²) in [6.07, 6.45) is 7.75. The second-order valence-corrected chi connectivity index (χ2v) is 8.20. The molecule has 1 saturated heterocycles. The summed E-state index contributed by atoms with van der Waals surface area (Å²) < 4.78 is 19.3. The van der Waals surface area contributed by atoms with Crippen molar-refractivity contribution >= 4 is 5.91 Å². The standard InChI is InChI=1S/C25H27FN4O2/c26-23-4-1-5-24(12-23)32-18-21-11-22(25(31)29-14-20-3-2-8-28-13-20)17-30(16-21)15-19-6-9-27-10-7-19/h1-10,12-13,21-22H,11,14-18H2,(H,29,31)/t21-,22+/m0/s1. The molecule has 2 atom stereocenters. The number of pyridine rings is 2. The van der Waals surface area contributed by atoms with Crippen LogP contribution in [-0.2, 0) is 17.9 Å². The summed E-state index contributed by atoms with van der Waals surface area (Å²) in [7, 11) is 0. The maximum Gasteiger partial charge on any atom is 0.224 e. The summed E-state index contributed by atoms with van der Waals surface area (Å²) in [5.74, 6) is 0.224. The van der Waals surface area contributed by atoms with E-state index < -0.39 is 0 Å². The number of carbonyl (C=O) groups is 1. The molecule has 7 heteroatoms. The lowest BCUT2D eigenvalue weighted by atomic mass is 9.88. The highest BCUT2D eigenvalue weighted by atomic mass is 19.1. The number of hydrogen-bond donors (Lipinski definition) is 1. The molecule has 3 heterocycles. The molecule has 0 radical (unpaired) electrons. The highest BCUT2D eigenvalue weighted by molar-refractivity contribution is 5.79. The topological polar surface area (TPSA) is 67.3 Å². The van der Waals surface area contributed by atoms with Gasteiger partial charge in [-0.25, -0.2) is 4.39 Å². The van der Waals surface area contributed by atoms with E-state index in [0.717, 1.165) is 30.6 Å². The molecule has 4 rings (SSSR count). The van der Waals surface area contributed by atoms with Crippen LogP contribution < -0.4 is 10.1 Å². The fraction of sp³-hybridized carbons (Fsp3) is 0.320. The molecule has 1 fully saturated rings. The van der Waals surface area contributed by atoms with E-state index in [1.54, 1.807) is 36.9 Å². The van der Waals surface area contributed by atoms with Crippen LogP contribution in [0.2, 0.25) is 0 Å². The van der Waals surface area contributed by atoms with Gasteiger partial charge in [-0.3, -0.25) is 19.7 Å². The van der Waals surface area contributed by atoms with Crippen LogP contribution in [-0.4, -0.2) is 40.5 Å². The Bertz CT molecular complexity index is 1000. The van der Waals surface area contributed by atoms with Crippen molar-refractivity contribution in [3.63, 3.8) is 0 Å². The molecule has 2 aromatic heterocycles. The lowest BCUT2D eigenvalue weighted by molar-refractivity contribution is -0.128. The van der Waals surface area contributed by atoms with Gasteiger partial charge in [0.25, 0.3) is 0 Å². The Labute approximate surface area is 187 Å². The Morgan fingerprint density at radius 1 is 1.06 bits per heavy atom. The van der Waals surface area contributed by atoms with Crippen LogP contribution in [0, 0.1) is 17.7 Å². The van der Waals surface area contributed by atoms with Crippen molar-refractivity contribution in [2.45, 2.75) is 19.5 Å². The van der Waals surface area contributed by atoms with Gasteiger partial charge in [-0.05, 0) is 47.9 Å². The molecule has 3 aromatic rings. The van der Waals surface area contributed by atoms with Crippen LogP contribution in [0.3, 0.4) is 0 Å². The van der Waals surface area contributed by atoms with Crippen LogP contribution in [0.4, 0.5) is 4.39 Å². The van der Waals surface area contributed by atoms with E-state index in [4.69, 9.17) is 4.74 Å². The van der Waals surface area contributed by atoms with Gasteiger partial charge in [0.15, 0.2) is 0 Å². The van der Waals surface area contributed by atoms with E-state index in [9.17, 15) is 9.18 Å². The summed E-state index contributed by atoms with van der Waals surface area (Å²) in [4.78, 5) is 23.4. The van der Waals surface area contributed by atoms with Gasteiger partial charge < -0.3 is 10.1 Å². The predicted molar refractivity (Wildman–Crippen MR) is 119 cm³/mol. The number of nitrogens with zero attached hydrogens (tertiary/aromatic N) is 3. The molecule has 6 nitrogen and oxygen atoms in total. The van der Waals surface area contributed by atoms with E-state index in [2.05, 4.69) is 20.2 Å². The van der Waals surface area contributed by atoms with Gasteiger partial charge in [0.2, 0.25) is 5.91 Å². The quantitative estimate of drug-likeness (QED) is 0.588. The number of likely N-dealkylation sites (tertiary alicyclic amines) is 1. The number of amides is 1. The zero-order valence-electron chi connectivity index (χ0n) is 17.9. The molecule has 0 unspecified atom stereocenters. The molecule has 32 heavy (non-hydrogen) atoms. The van der Waals surface area contributed by atoms with E-state index in [0.29, 0.717) is 25.4 Å². The molecular weight excluding hydrogens is 407 g/mol. The number of benzene rings is 1. The first-order valence-corrected chi connectivity index (χ1v) is 10.8. The van der Waals surface area contributed by atoms with Crippen LogP contribution in [0.15, 0.2) is 73.3 Å². The van der Waals surface area contributed by atoms with Gasteiger partial charge in [-0.15, -0.1) is 0 Å². The second kappa shape index (κ2) is 10.8. The molecule has 0 aliphatic carbocycles. The Morgan fingerprint density at radius 3 is 2.72 bits per heavy atom. The van der Waals surface area contributed by atoms with Gasteiger partial charge in [0.05, 0.1) is 12.5 Å². The van der Waals surface area contributed by atoms with Gasteiger partial charge in [0.1, 0.15) is 11.6 Å². The third-order valence-electron chi connectivity index (χ3n) is 5.61. The van der Waals surface area contributed by atoms with Crippen LogP contribution in [0.25, 0.3) is 0 Å². The van der Waals surface area contributed by atoms with Crippen LogP contribution in [0.5, 0.6) is 5.75 Å². The minimum atomic E-state index is -0.321. The Kier molecular flexibility index (Phi) is 7.40. The third kappa shape index (κ3) is 6.34. The smallest absolute Gasteiger partial charge is 0.224 e. The molecule has 1 N–H and O–H groups in total. The van der Waals surface area contributed by atoms with Crippen molar-refractivity contribution in [3.8, 4) is 5.75 Å². The maximum absolute atomic E-state index is 13.5. The predicted octanol–water partition coefficient (Wildman–Crippen LogP) is 3.45. The lowest BCUT2D eigenvalue weighted by Crippen LogP contribution is -2.47. The minimum absolute atomic E-state index is 0.0315. The van der Waals surface area contributed by atoms with Gasteiger partial charge in [-0.2, -0.15) is 0 Å². The molecule has 0 spiro atoms.